The molecular formula is C6H6NPS. The van der Waals surface area contributed by atoms with E-state index in [1.165, 1.54) is 5.30 Å². The van der Waals surface area contributed by atoms with Crippen LogP contribution in [0.3, 0.4) is 0 Å². The van der Waals surface area contributed by atoms with Gasteiger partial charge in [-0.05, 0) is 11.4 Å². The van der Waals surface area contributed by atoms with Gasteiger partial charge >= 0.3 is 0 Å². The summed E-state index contributed by atoms with van der Waals surface area (Å²) in [5, 5.41) is 2.93. The quantitative estimate of drug-likeness (QED) is 0.472. The van der Waals surface area contributed by atoms with E-state index in [4.69, 9.17) is 12.2 Å². The summed E-state index contributed by atoms with van der Waals surface area (Å²) in [5.41, 5.74) is 0. The van der Waals surface area contributed by atoms with Gasteiger partial charge in [0.15, 0.2) is 0 Å². The topological polar surface area (TPSA) is 12.9 Å². The van der Waals surface area contributed by atoms with Crippen molar-refractivity contribution in [1.82, 2.24) is 4.98 Å². The van der Waals surface area contributed by atoms with Crippen molar-refractivity contribution in [3.8, 4) is 0 Å². The smallest absolute Gasteiger partial charge is 0.0345 e. The molecule has 0 saturated carbocycles. The number of nitrogens with zero attached hydrogens (tertiary/aromatic N) is 1. The maximum absolute atomic E-state index is 4.69. The van der Waals surface area contributed by atoms with Gasteiger partial charge in [-0.3, -0.25) is 4.98 Å². The van der Waals surface area contributed by atoms with Crippen LogP contribution >= 0.6 is 20.8 Å². The molecule has 0 aliphatic rings. The number of thiocarbonyl (C=S) groups is 1. The summed E-state index contributed by atoms with van der Waals surface area (Å²) in [7, 11) is 0.614. The van der Waals surface area contributed by atoms with Crippen molar-refractivity contribution in [2.24, 2.45) is 0 Å². The Morgan fingerprint density at radius 3 is 3.11 bits per heavy atom. The predicted molar refractivity (Wildman–Crippen MR) is 45.8 cm³/mol. The maximum atomic E-state index is 4.69. The second kappa shape index (κ2) is 3.65. The SMILES string of the molecule is S=CPc1cccnc1. The number of aromatic nitrogens is 1. The first kappa shape index (κ1) is 6.79. The number of hydrogen-bond donors (Lipinski definition) is 0. The molecule has 46 valence electrons. The van der Waals surface area contributed by atoms with Crippen LogP contribution in [0, 0.1) is 0 Å². The molecule has 0 aliphatic heterocycles. The largest absolute Gasteiger partial charge is 0.264 e. The lowest BCUT2D eigenvalue weighted by atomic mass is 10.5. The maximum Gasteiger partial charge on any atom is 0.0345 e. The lowest BCUT2D eigenvalue weighted by molar-refractivity contribution is 1.35. The van der Waals surface area contributed by atoms with Crippen molar-refractivity contribution in [2.45, 2.75) is 0 Å². The van der Waals surface area contributed by atoms with Crippen molar-refractivity contribution in [1.29, 1.82) is 0 Å². The summed E-state index contributed by atoms with van der Waals surface area (Å²) in [4.78, 5) is 3.94. The fourth-order valence-electron chi connectivity index (χ4n) is 0.516. The molecule has 9 heavy (non-hydrogen) atoms. The normalized spacial score (nSPS) is 10.2. The minimum Gasteiger partial charge on any atom is -0.264 e. The summed E-state index contributed by atoms with van der Waals surface area (Å²) >= 11 is 4.69. The number of pyridine rings is 1. The van der Waals surface area contributed by atoms with Gasteiger partial charge in [-0.25, -0.2) is 0 Å². The zero-order chi connectivity index (χ0) is 6.53. The third-order valence-electron chi connectivity index (χ3n) is 0.887. The fourth-order valence-corrected chi connectivity index (χ4v) is 1.40. The Morgan fingerprint density at radius 1 is 1.67 bits per heavy atom. The molecule has 0 bridgehead atoms. The van der Waals surface area contributed by atoms with E-state index in [2.05, 4.69) is 4.98 Å². The van der Waals surface area contributed by atoms with Crippen LogP contribution in [-0.2, 0) is 0 Å². The summed E-state index contributed by atoms with van der Waals surface area (Å²) < 4.78 is 0. The highest BCUT2D eigenvalue weighted by Gasteiger charge is 1.83. The van der Waals surface area contributed by atoms with E-state index in [0.717, 1.165) is 0 Å². The first-order chi connectivity index (χ1) is 4.43. The van der Waals surface area contributed by atoms with E-state index < -0.39 is 0 Å². The zero-order valence-electron chi connectivity index (χ0n) is 4.74. The van der Waals surface area contributed by atoms with E-state index in [1.807, 2.05) is 18.3 Å². The van der Waals surface area contributed by atoms with Crippen molar-refractivity contribution in [3.63, 3.8) is 0 Å². The molecule has 1 heterocycles. The second-order valence-electron chi connectivity index (χ2n) is 1.50. The molecule has 0 radical (unpaired) electrons. The molecule has 0 saturated heterocycles. The van der Waals surface area contributed by atoms with Crippen molar-refractivity contribution < 1.29 is 0 Å². The van der Waals surface area contributed by atoms with Crippen LogP contribution in [0.4, 0.5) is 0 Å². The summed E-state index contributed by atoms with van der Waals surface area (Å²) in [5.74, 6) is 0. The molecule has 0 aromatic carbocycles. The highest BCUT2D eigenvalue weighted by atomic mass is 32.1. The lowest BCUT2D eigenvalue weighted by Crippen LogP contribution is -1.91. The van der Waals surface area contributed by atoms with E-state index in [9.17, 15) is 0 Å². The molecule has 1 aromatic heterocycles. The first-order valence-electron chi connectivity index (χ1n) is 2.53. The Kier molecular flexibility index (Phi) is 2.75. The molecule has 1 rings (SSSR count). The highest BCUT2D eigenvalue weighted by molar-refractivity contribution is 7.92. The molecule has 0 spiro atoms. The summed E-state index contributed by atoms with van der Waals surface area (Å²) in [6.07, 6.45) is 3.60. The summed E-state index contributed by atoms with van der Waals surface area (Å²) in [6.45, 7) is 0. The second-order valence-corrected chi connectivity index (χ2v) is 3.31. The van der Waals surface area contributed by atoms with Crippen LogP contribution in [-0.4, -0.2) is 10.1 Å². The molecular weight excluding hydrogens is 149 g/mol. The van der Waals surface area contributed by atoms with Crippen LogP contribution in [0.25, 0.3) is 0 Å². The minimum atomic E-state index is 0.614. The van der Waals surface area contributed by atoms with E-state index in [1.54, 1.807) is 11.3 Å². The van der Waals surface area contributed by atoms with Crippen molar-refractivity contribution in [2.75, 3.05) is 0 Å². The fraction of sp³-hybridized carbons (Fsp3) is 0. The average molecular weight is 155 g/mol. The van der Waals surface area contributed by atoms with Gasteiger partial charge in [0.25, 0.3) is 0 Å². The van der Waals surface area contributed by atoms with Crippen LogP contribution < -0.4 is 5.30 Å². The monoisotopic (exact) mass is 155 g/mol. The van der Waals surface area contributed by atoms with Crippen molar-refractivity contribution in [3.05, 3.63) is 24.5 Å². The van der Waals surface area contributed by atoms with Crippen molar-refractivity contribution >= 4 is 31.2 Å². The number of rotatable bonds is 2. The molecule has 1 unspecified atom stereocenters. The van der Waals surface area contributed by atoms with Gasteiger partial charge in [-0.15, -0.1) is 0 Å². The van der Waals surface area contributed by atoms with Crippen LogP contribution in [0.1, 0.15) is 0 Å². The standard InChI is InChI=1S/C6H6NPS/c9-5-8-6-2-1-3-7-4-6/h1-5,8H. The lowest BCUT2D eigenvalue weighted by Gasteiger charge is -1.89. The Labute approximate surface area is 61.3 Å². The molecule has 1 nitrogen and oxygen atoms in total. The molecule has 1 aromatic rings. The van der Waals surface area contributed by atoms with Gasteiger partial charge in [0, 0.05) is 17.5 Å². The molecule has 0 fully saturated rings. The van der Waals surface area contributed by atoms with Crippen LogP contribution in [0.2, 0.25) is 0 Å². The van der Waals surface area contributed by atoms with E-state index >= 15 is 0 Å². The van der Waals surface area contributed by atoms with Gasteiger partial charge in [0.2, 0.25) is 0 Å². The Morgan fingerprint density at radius 2 is 2.56 bits per heavy atom. The van der Waals surface area contributed by atoms with E-state index in [0.29, 0.717) is 8.58 Å². The third kappa shape index (κ3) is 2.17. The Balaban J connectivity index is 2.72. The van der Waals surface area contributed by atoms with Crippen LogP contribution in [0.5, 0.6) is 0 Å². The average Bonchev–Trinajstić information content (AvgIpc) is 1.91. The zero-order valence-corrected chi connectivity index (χ0v) is 6.56. The van der Waals surface area contributed by atoms with Gasteiger partial charge < -0.3 is 0 Å². The Bertz CT molecular complexity index is 188. The van der Waals surface area contributed by atoms with Gasteiger partial charge in [0.05, 0.1) is 0 Å². The van der Waals surface area contributed by atoms with E-state index in [-0.39, 0.29) is 0 Å². The molecule has 3 heteroatoms. The number of hydrogen-bond acceptors (Lipinski definition) is 2. The molecule has 0 amide bonds. The molecule has 0 N–H and O–H groups in total. The first-order valence-corrected chi connectivity index (χ1v) is 4.08. The van der Waals surface area contributed by atoms with Gasteiger partial charge in [-0.1, -0.05) is 26.9 Å². The third-order valence-corrected chi connectivity index (χ3v) is 1.99. The predicted octanol–water partition coefficient (Wildman–Crippen LogP) is 1.34. The van der Waals surface area contributed by atoms with Gasteiger partial charge in [-0.2, -0.15) is 0 Å². The highest BCUT2D eigenvalue weighted by Crippen LogP contribution is 2.02. The Hall–Kier alpha value is -0.330. The molecule has 1 atom stereocenters. The summed E-state index contributed by atoms with van der Waals surface area (Å²) in [6, 6.07) is 3.94. The van der Waals surface area contributed by atoms with Gasteiger partial charge in [0.1, 0.15) is 0 Å². The minimum absolute atomic E-state index is 0.614. The van der Waals surface area contributed by atoms with Crippen LogP contribution in [0.15, 0.2) is 24.5 Å². The molecule has 0 aliphatic carbocycles.